The minimum atomic E-state index is -1.83. The second-order valence-corrected chi connectivity index (χ2v) is 13.9. The molecular weight excluding hydrogens is 601 g/mol. The molecule has 5 rings (SSSR count). The Labute approximate surface area is 269 Å². The van der Waals surface area contributed by atoms with Gasteiger partial charge in [0.1, 0.15) is 24.6 Å². The molecule has 5 atom stereocenters. The summed E-state index contributed by atoms with van der Waals surface area (Å²) < 4.78 is 49.1. The molecule has 3 saturated carbocycles. The maximum atomic E-state index is 15.7. The molecule has 1 aromatic rings. The quantitative estimate of drug-likeness (QED) is 0.298. The Morgan fingerprint density at radius 1 is 1.04 bits per heavy atom. The van der Waals surface area contributed by atoms with E-state index in [4.69, 9.17) is 4.74 Å². The van der Waals surface area contributed by atoms with Gasteiger partial charge in [0, 0.05) is 45.0 Å². The number of Topliss-reactive ketones (excluding diaryl/α,β-unsaturated/α-hetero) is 1. The van der Waals surface area contributed by atoms with E-state index in [9.17, 15) is 28.0 Å². The lowest BCUT2D eigenvalue weighted by Crippen LogP contribution is -2.59. The number of halogens is 3. The molecule has 4 fully saturated rings. The number of nitrogens with zero attached hydrogens (tertiary/aromatic N) is 2. The van der Waals surface area contributed by atoms with Crippen LogP contribution in [0.5, 0.6) is 0 Å². The minimum absolute atomic E-state index is 0.0231. The van der Waals surface area contributed by atoms with Crippen LogP contribution in [0.3, 0.4) is 0 Å². The van der Waals surface area contributed by atoms with Gasteiger partial charge in [-0.05, 0) is 87.9 Å². The second-order valence-electron chi connectivity index (χ2n) is 13.9. The van der Waals surface area contributed by atoms with Crippen LogP contribution in [0.4, 0.5) is 18.9 Å². The summed E-state index contributed by atoms with van der Waals surface area (Å²) in [5.74, 6) is -3.47. The molecule has 3 amide bonds. The number of carbonyl (C=O) groups excluding carboxylic acids is 4. The van der Waals surface area contributed by atoms with Crippen LogP contribution in [0.25, 0.3) is 0 Å². The van der Waals surface area contributed by atoms with Crippen molar-refractivity contribution in [1.82, 2.24) is 15.1 Å². The largest absolute Gasteiger partial charge is 0.372 e. The van der Waals surface area contributed by atoms with Crippen LogP contribution in [0.1, 0.15) is 70.3 Å². The molecule has 1 saturated heterocycles. The van der Waals surface area contributed by atoms with Crippen LogP contribution < -0.4 is 10.6 Å². The van der Waals surface area contributed by atoms with E-state index in [0.717, 1.165) is 25.7 Å². The number of likely N-dealkylation sites (N-methyl/N-ethyl adjacent to an activating group) is 1. The van der Waals surface area contributed by atoms with Crippen LogP contribution in [-0.4, -0.2) is 97.6 Å². The van der Waals surface area contributed by atoms with E-state index in [1.165, 1.54) is 24.1 Å². The van der Waals surface area contributed by atoms with Crippen molar-refractivity contribution in [3.8, 4) is 0 Å². The number of amides is 3. The summed E-state index contributed by atoms with van der Waals surface area (Å²) in [6.45, 7) is 3.58. The predicted molar refractivity (Wildman–Crippen MR) is 166 cm³/mol. The number of nitrogens with one attached hydrogen (secondary N) is 2. The highest BCUT2D eigenvalue weighted by Crippen LogP contribution is 2.54. The van der Waals surface area contributed by atoms with Gasteiger partial charge in [0.05, 0.1) is 11.7 Å². The standard InChI is InChI=1S/C34H47F3N4O5/c1-19(30(39-31(43)20(2)46-4)33(45)41-14-13-40(3)24(17-35)18-41)23-9-10-27(26(36)15-23)38-32(44)25(16-28(42)34(37)11-12-34)29(21-5-6-21)22-7-8-22/h9-10,15,19-22,24-25,29-30H,5-8,11-14,16-18H2,1-4H3,(H,38,44)(H,39,43)/t19-,20-,24?,25-,30+/m0/s1. The lowest BCUT2D eigenvalue weighted by Gasteiger charge is -2.40. The molecule has 3 aliphatic carbocycles. The van der Waals surface area contributed by atoms with Crippen LogP contribution in [0.2, 0.25) is 0 Å². The molecule has 2 N–H and O–H groups in total. The van der Waals surface area contributed by atoms with E-state index in [1.54, 1.807) is 27.0 Å². The van der Waals surface area contributed by atoms with Gasteiger partial charge < -0.3 is 20.3 Å². The van der Waals surface area contributed by atoms with E-state index in [-0.39, 0.29) is 37.4 Å². The number of ether oxygens (including phenoxy) is 1. The maximum absolute atomic E-state index is 15.7. The first-order valence-electron chi connectivity index (χ1n) is 16.6. The topological polar surface area (TPSA) is 108 Å². The van der Waals surface area contributed by atoms with Crippen molar-refractivity contribution in [1.29, 1.82) is 0 Å². The Kier molecular flexibility index (Phi) is 10.5. The second kappa shape index (κ2) is 14.0. The zero-order valence-corrected chi connectivity index (χ0v) is 27.2. The number of ketones is 1. The summed E-state index contributed by atoms with van der Waals surface area (Å²) >= 11 is 0. The van der Waals surface area contributed by atoms with Gasteiger partial charge in [0.2, 0.25) is 17.7 Å². The molecule has 254 valence electrons. The van der Waals surface area contributed by atoms with E-state index in [0.29, 0.717) is 30.5 Å². The number of piperazine rings is 1. The first-order chi connectivity index (χ1) is 21.9. The lowest BCUT2D eigenvalue weighted by molar-refractivity contribution is -0.141. The third kappa shape index (κ3) is 7.75. The first-order valence-corrected chi connectivity index (χ1v) is 16.6. The van der Waals surface area contributed by atoms with Crippen molar-refractivity contribution < 1.29 is 37.1 Å². The van der Waals surface area contributed by atoms with Crippen LogP contribution >= 0.6 is 0 Å². The van der Waals surface area contributed by atoms with E-state index < -0.39 is 71.7 Å². The van der Waals surface area contributed by atoms with Crippen LogP contribution in [0, 0.1) is 29.5 Å². The number of benzene rings is 1. The molecule has 12 heteroatoms. The third-order valence-corrected chi connectivity index (χ3v) is 10.6. The zero-order chi connectivity index (χ0) is 33.3. The highest BCUT2D eigenvalue weighted by molar-refractivity contribution is 5.98. The predicted octanol–water partition coefficient (Wildman–Crippen LogP) is 4.01. The van der Waals surface area contributed by atoms with Gasteiger partial charge in [-0.15, -0.1) is 0 Å². The highest BCUT2D eigenvalue weighted by Gasteiger charge is 2.54. The van der Waals surface area contributed by atoms with Gasteiger partial charge >= 0.3 is 0 Å². The van der Waals surface area contributed by atoms with Crippen molar-refractivity contribution in [2.45, 2.75) is 88.6 Å². The van der Waals surface area contributed by atoms with E-state index in [2.05, 4.69) is 10.6 Å². The molecule has 0 spiro atoms. The fourth-order valence-electron chi connectivity index (χ4n) is 6.80. The summed E-state index contributed by atoms with van der Waals surface area (Å²) in [6.07, 6.45) is 3.25. The molecular formula is C34H47F3N4O5. The summed E-state index contributed by atoms with van der Waals surface area (Å²) in [5, 5.41) is 5.43. The maximum Gasteiger partial charge on any atom is 0.249 e. The number of rotatable bonds is 15. The van der Waals surface area contributed by atoms with Crippen molar-refractivity contribution in [3.05, 3.63) is 29.6 Å². The Morgan fingerprint density at radius 3 is 2.24 bits per heavy atom. The Hall–Kier alpha value is -2.99. The molecule has 1 aromatic carbocycles. The van der Waals surface area contributed by atoms with Crippen molar-refractivity contribution in [2.24, 2.45) is 23.7 Å². The smallest absolute Gasteiger partial charge is 0.249 e. The van der Waals surface area contributed by atoms with Gasteiger partial charge in [-0.3, -0.25) is 24.1 Å². The minimum Gasteiger partial charge on any atom is -0.372 e. The van der Waals surface area contributed by atoms with Crippen LogP contribution in [0.15, 0.2) is 18.2 Å². The normalized spacial score (nSPS) is 23.7. The van der Waals surface area contributed by atoms with Gasteiger partial charge in [-0.1, -0.05) is 13.0 Å². The Bertz CT molecular complexity index is 1310. The number of methoxy groups -OCH3 is 1. The lowest BCUT2D eigenvalue weighted by atomic mass is 9.79. The average molecular weight is 649 g/mol. The summed E-state index contributed by atoms with van der Waals surface area (Å²) in [6, 6.07) is 2.66. The number of hydrogen-bond acceptors (Lipinski definition) is 6. The monoisotopic (exact) mass is 648 g/mol. The van der Waals surface area contributed by atoms with Crippen molar-refractivity contribution >= 4 is 29.2 Å². The molecule has 9 nitrogen and oxygen atoms in total. The van der Waals surface area contributed by atoms with Crippen molar-refractivity contribution in [3.63, 3.8) is 0 Å². The van der Waals surface area contributed by atoms with Crippen LogP contribution in [-0.2, 0) is 23.9 Å². The number of anilines is 1. The molecule has 1 unspecified atom stereocenters. The van der Waals surface area contributed by atoms with Gasteiger partial charge in [-0.25, -0.2) is 13.2 Å². The first kappa shape index (κ1) is 34.3. The number of carbonyl (C=O) groups is 4. The summed E-state index contributed by atoms with van der Waals surface area (Å²) in [4.78, 5) is 56.4. The average Bonchev–Trinajstić information content (AvgIpc) is 3.89. The SMILES string of the molecule is CO[C@@H](C)C(=O)N[C@@H](C(=O)N1CCN(C)C(CF)C1)[C@@H](C)c1ccc(NC(=O)[C@@H](CC(=O)C2(F)CC2)C(C2CC2)C2CC2)c(F)c1. The molecule has 0 bridgehead atoms. The fourth-order valence-corrected chi connectivity index (χ4v) is 6.80. The highest BCUT2D eigenvalue weighted by atomic mass is 19.1. The third-order valence-electron chi connectivity index (χ3n) is 10.6. The Morgan fingerprint density at radius 2 is 1.70 bits per heavy atom. The molecule has 46 heavy (non-hydrogen) atoms. The fraction of sp³-hybridized carbons (Fsp3) is 0.706. The number of hydrogen-bond donors (Lipinski definition) is 2. The van der Waals surface area contributed by atoms with Gasteiger partial charge in [0.15, 0.2) is 11.5 Å². The molecule has 0 radical (unpaired) electrons. The summed E-state index contributed by atoms with van der Waals surface area (Å²) in [7, 11) is 3.17. The zero-order valence-electron chi connectivity index (χ0n) is 27.2. The number of alkyl halides is 2. The van der Waals surface area contributed by atoms with E-state index in [1.807, 2.05) is 4.90 Å². The summed E-state index contributed by atoms with van der Waals surface area (Å²) in [5.41, 5.74) is -1.50. The molecule has 0 aromatic heterocycles. The van der Waals surface area contributed by atoms with E-state index >= 15 is 4.39 Å². The molecule has 1 aliphatic heterocycles. The molecule has 1 heterocycles. The Balaban J connectivity index is 1.33. The van der Waals surface area contributed by atoms with Crippen molar-refractivity contribution in [2.75, 3.05) is 45.8 Å². The van der Waals surface area contributed by atoms with Gasteiger partial charge in [-0.2, -0.15) is 0 Å². The molecule has 4 aliphatic rings. The van der Waals surface area contributed by atoms with Gasteiger partial charge in [0.25, 0.3) is 0 Å².